The average Bonchev–Trinajstić information content (AvgIpc) is 3.16. The van der Waals surface area contributed by atoms with Crippen LogP contribution in [0.4, 0.5) is 0 Å². The van der Waals surface area contributed by atoms with E-state index in [9.17, 15) is 19.5 Å². The SMILES string of the molecule is CC(C)C[C@@H](NC(=O)c1c[nH]c(C(=O)N2CCCC2)c1)C(=O)O. The summed E-state index contributed by atoms with van der Waals surface area (Å²) in [4.78, 5) is 40.2. The van der Waals surface area contributed by atoms with Gasteiger partial charge in [-0.05, 0) is 31.2 Å². The maximum Gasteiger partial charge on any atom is 0.326 e. The molecule has 2 amide bonds. The van der Waals surface area contributed by atoms with Gasteiger partial charge in [-0.3, -0.25) is 9.59 Å². The van der Waals surface area contributed by atoms with Crippen LogP contribution in [0.5, 0.6) is 0 Å². The summed E-state index contributed by atoms with van der Waals surface area (Å²) in [6.45, 7) is 5.25. The minimum Gasteiger partial charge on any atom is -0.480 e. The van der Waals surface area contributed by atoms with Gasteiger partial charge in [0.25, 0.3) is 11.8 Å². The minimum atomic E-state index is -1.06. The molecule has 0 aromatic carbocycles. The fourth-order valence-electron chi connectivity index (χ4n) is 2.67. The first kappa shape index (κ1) is 17.1. The second-order valence-corrected chi connectivity index (χ2v) is 6.30. The standard InChI is InChI=1S/C16H23N3O4/c1-10(2)7-13(16(22)23)18-14(20)11-8-12(17-9-11)15(21)19-5-3-4-6-19/h8-10,13,17H,3-7H2,1-2H3,(H,18,20)(H,22,23)/t13-/m1/s1. The van der Waals surface area contributed by atoms with Crippen molar-refractivity contribution in [3.05, 3.63) is 23.5 Å². The molecule has 1 fully saturated rings. The largest absolute Gasteiger partial charge is 0.480 e. The fourth-order valence-corrected chi connectivity index (χ4v) is 2.67. The van der Waals surface area contributed by atoms with Gasteiger partial charge in [0.1, 0.15) is 11.7 Å². The maximum absolute atomic E-state index is 12.2. The second-order valence-electron chi connectivity index (χ2n) is 6.30. The van der Waals surface area contributed by atoms with Gasteiger partial charge in [0, 0.05) is 19.3 Å². The number of aromatic nitrogens is 1. The van der Waals surface area contributed by atoms with Gasteiger partial charge in [0.2, 0.25) is 0 Å². The summed E-state index contributed by atoms with van der Waals surface area (Å²) >= 11 is 0. The van der Waals surface area contributed by atoms with Crippen LogP contribution in [-0.2, 0) is 4.79 Å². The van der Waals surface area contributed by atoms with Gasteiger partial charge in [-0.15, -0.1) is 0 Å². The molecule has 0 unspecified atom stereocenters. The topological polar surface area (TPSA) is 103 Å². The second kappa shape index (κ2) is 7.30. The van der Waals surface area contributed by atoms with E-state index < -0.39 is 17.9 Å². The van der Waals surface area contributed by atoms with E-state index in [-0.39, 0.29) is 17.4 Å². The van der Waals surface area contributed by atoms with Crippen molar-refractivity contribution >= 4 is 17.8 Å². The van der Waals surface area contributed by atoms with Crippen molar-refractivity contribution < 1.29 is 19.5 Å². The molecule has 0 radical (unpaired) electrons. The van der Waals surface area contributed by atoms with Crippen molar-refractivity contribution in [1.82, 2.24) is 15.2 Å². The first-order valence-corrected chi connectivity index (χ1v) is 7.90. The third kappa shape index (κ3) is 4.34. The Morgan fingerprint density at radius 3 is 2.52 bits per heavy atom. The summed E-state index contributed by atoms with van der Waals surface area (Å²) in [5.41, 5.74) is 0.621. The number of carbonyl (C=O) groups excluding carboxylic acids is 2. The van der Waals surface area contributed by atoms with Crippen LogP contribution >= 0.6 is 0 Å². The van der Waals surface area contributed by atoms with Crippen molar-refractivity contribution in [3.8, 4) is 0 Å². The van der Waals surface area contributed by atoms with Gasteiger partial charge in [-0.25, -0.2) is 4.79 Å². The lowest BCUT2D eigenvalue weighted by atomic mass is 10.0. The van der Waals surface area contributed by atoms with Crippen LogP contribution in [0.1, 0.15) is 54.0 Å². The quantitative estimate of drug-likeness (QED) is 0.738. The molecule has 0 spiro atoms. The molecule has 0 saturated carbocycles. The first-order valence-electron chi connectivity index (χ1n) is 7.90. The van der Waals surface area contributed by atoms with E-state index >= 15 is 0 Å². The van der Waals surface area contributed by atoms with E-state index in [1.165, 1.54) is 12.3 Å². The first-order chi connectivity index (χ1) is 10.9. The summed E-state index contributed by atoms with van der Waals surface area (Å²) in [7, 11) is 0. The van der Waals surface area contributed by atoms with Gasteiger partial charge in [0.05, 0.1) is 5.56 Å². The highest BCUT2D eigenvalue weighted by Gasteiger charge is 2.24. The molecule has 3 N–H and O–H groups in total. The molecule has 1 aromatic heterocycles. The van der Waals surface area contributed by atoms with Crippen molar-refractivity contribution in [3.63, 3.8) is 0 Å². The molecule has 1 aliphatic rings. The van der Waals surface area contributed by atoms with Crippen LogP contribution < -0.4 is 5.32 Å². The molecule has 7 nitrogen and oxygen atoms in total. The number of rotatable bonds is 6. The predicted octanol–water partition coefficient (Wildman–Crippen LogP) is 1.48. The number of carboxylic acid groups (broad SMARTS) is 1. The normalized spacial score (nSPS) is 15.7. The van der Waals surface area contributed by atoms with E-state index in [0.717, 1.165) is 25.9 Å². The van der Waals surface area contributed by atoms with Crippen LogP contribution in [0.15, 0.2) is 12.3 Å². The molecular weight excluding hydrogens is 298 g/mol. The highest BCUT2D eigenvalue weighted by Crippen LogP contribution is 2.14. The summed E-state index contributed by atoms with van der Waals surface area (Å²) in [5, 5.41) is 11.7. The Morgan fingerprint density at radius 2 is 1.96 bits per heavy atom. The summed E-state index contributed by atoms with van der Waals surface area (Å²) in [5.74, 6) is -1.53. The fraction of sp³-hybridized carbons (Fsp3) is 0.562. The number of carbonyl (C=O) groups is 3. The maximum atomic E-state index is 12.2. The number of hydrogen-bond donors (Lipinski definition) is 3. The van der Waals surface area contributed by atoms with E-state index in [1.54, 1.807) is 4.90 Å². The van der Waals surface area contributed by atoms with Crippen LogP contribution in [-0.4, -0.2) is 51.9 Å². The van der Waals surface area contributed by atoms with E-state index in [2.05, 4.69) is 10.3 Å². The van der Waals surface area contributed by atoms with E-state index in [1.807, 2.05) is 13.8 Å². The third-order valence-corrected chi connectivity index (χ3v) is 3.88. The molecule has 1 aromatic rings. The van der Waals surface area contributed by atoms with E-state index in [0.29, 0.717) is 12.1 Å². The molecule has 23 heavy (non-hydrogen) atoms. The Kier molecular flexibility index (Phi) is 5.41. The van der Waals surface area contributed by atoms with Crippen molar-refractivity contribution in [1.29, 1.82) is 0 Å². The molecule has 0 aliphatic carbocycles. The van der Waals surface area contributed by atoms with E-state index in [4.69, 9.17) is 0 Å². The number of nitrogens with one attached hydrogen (secondary N) is 2. The zero-order valence-electron chi connectivity index (χ0n) is 13.5. The van der Waals surface area contributed by atoms with Gasteiger partial charge >= 0.3 is 5.97 Å². The molecule has 2 heterocycles. The number of amides is 2. The molecule has 7 heteroatoms. The average molecular weight is 321 g/mol. The number of carboxylic acids is 1. The van der Waals surface area contributed by atoms with Crippen LogP contribution in [0.25, 0.3) is 0 Å². The Labute approximate surface area is 135 Å². The van der Waals surface area contributed by atoms with Crippen LogP contribution in [0.2, 0.25) is 0 Å². The molecule has 126 valence electrons. The Bertz CT molecular complexity index is 588. The summed E-state index contributed by atoms with van der Waals surface area (Å²) < 4.78 is 0. The number of likely N-dealkylation sites (tertiary alicyclic amines) is 1. The molecule has 0 bridgehead atoms. The van der Waals surface area contributed by atoms with Gasteiger partial charge in [0.15, 0.2) is 0 Å². The zero-order valence-corrected chi connectivity index (χ0v) is 13.5. The number of aromatic amines is 1. The molecule has 1 atom stereocenters. The number of H-pyrrole nitrogens is 1. The highest BCUT2D eigenvalue weighted by atomic mass is 16.4. The number of hydrogen-bond acceptors (Lipinski definition) is 3. The van der Waals surface area contributed by atoms with Gasteiger partial charge < -0.3 is 20.3 Å². The molecular formula is C16H23N3O4. The lowest BCUT2D eigenvalue weighted by molar-refractivity contribution is -0.139. The van der Waals surface area contributed by atoms with Gasteiger partial charge in [-0.2, -0.15) is 0 Å². The Balaban J connectivity index is 2.02. The summed E-state index contributed by atoms with van der Waals surface area (Å²) in [6, 6.07) is 0.541. The Hall–Kier alpha value is -2.31. The van der Waals surface area contributed by atoms with Crippen LogP contribution in [0.3, 0.4) is 0 Å². The molecule has 1 aliphatic heterocycles. The molecule has 1 saturated heterocycles. The van der Waals surface area contributed by atoms with Crippen molar-refractivity contribution in [2.24, 2.45) is 5.92 Å². The minimum absolute atomic E-state index is 0.126. The predicted molar refractivity (Wildman–Crippen MR) is 84.3 cm³/mol. The van der Waals surface area contributed by atoms with Crippen LogP contribution in [0, 0.1) is 5.92 Å². The highest BCUT2D eigenvalue weighted by molar-refractivity contribution is 6.00. The third-order valence-electron chi connectivity index (χ3n) is 3.88. The van der Waals surface area contributed by atoms with Crippen molar-refractivity contribution in [2.45, 2.75) is 39.2 Å². The van der Waals surface area contributed by atoms with Crippen molar-refractivity contribution in [2.75, 3.05) is 13.1 Å². The Morgan fingerprint density at radius 1 is 1.30 bits per heavy atom. The van der Waals surface area contributed by atoms with Gasteiger partial charge in [-0.1, -0.05) is 13.8 Å². The number of aliphatic carboxylic acids is 1. The zero-order chi connectivity index (χ0) is 17.0. The summed E-state index contributed by atoms with van der Waals surface area (Å²) in [6.07, 6.45) is 3.78. The number of nitrogens with zero attached hydrogens (tertiary/aromatic N) is 1. The smallest absolute Gasteiger partial charge is 0.326 e. The monoisotopic (exact) mass is 321 g/mol. The lowest BCUT2D eigenvalue weighted by Gasteiger charge is -2.16. The lowest BCUT2D eigenvalue weighted by Crippen LogP contribution is -2.41. The molecule has 2 rings (SSSR count).